The highest BCUT2D eigenvalue weighted by atomic mass is 32.2. The molecule has 0 saturated carbocycles. The lowest BCUT2D eigenvalue weighted by Crippen LogP contribution is -2.44. The molecule has 0 aliphatic heterocycles. The number of hydrogen-bond donors (Lipinski definition) is 3. The molecule has 16 nitrogen and oxygen atoms in total. The van der Waals surface area contributed by atoms with Crippen molar-refractivity contribution in [1.29, 1.82) is 0 Å². The maximum absolute atomic E-state index is 13.0. The highest BCUT2D eigenvalue weighted by Gasteiger charge is 2.47. The minimum absolute atomic E-state index is 0.0146. The second-order valence-corrected chi connectivity index (χ2v) is 27.8. The maximum atomic E-state index is 13.0. The summed E-state index contributed by atoms with van der Waals surface area (Å²) in [5.74, 6) is -0.547. The number of carbonyl (C=O) groups excluding carboxylic acids is 4. The van der Waals surface area contributed by atoms with Gasteiger partial charge >= 0.3 is 34.9 Å². The molecule has 7 aromatic rings. The Kier molecular flexibility index (Phi) is 31.1. The number of halogens is 2. The number of ether oxygens (including phenoxy) is 4. The number of aromatic amines is 1. The summed E-state index contributed by atoms with van der Waals surface area (Å²) >= 11 is 0. The number of anilines is 1. The molecule has 6 aromatic carbocycles. The van der Waals surface area contributed by atoms with Crippen LogP contribution >= 0.6 is 0 Å². The number of unbranched alkanes of at least 4 members (excludes halogenated alkanes) is 1. The van der Waals surface area contributed by atoms with Crippen LogP contribution in [0.15, 0.2) is 182 Å². The number of aromatic nitrogens is 1. The number of rotatable bonds is 24. The van der Waals surface area contributed by atoms with Crippen molar-refractivity contribution in [3.05, 3.63) is 174 Å². The Bertz CT molecular complexity index is 3450. The molecule has 502 valence electrons. The van der Waals surface area contributed by atoms with Crippen molar-refractivity contribution in [2.24, 2.45) is 16.2 Å². The molecular weight excluding hydrogens is 1220 g/mol. The molecule has 0 fully saturated rings. The van der Waals surface area contributed by atoms with Gasteiger partial charge in [0.2, 0.25) is 0 Å². The van der Waals surface area contributed by atoms with E-state index in [1.54, 1.807) is 31.2 Å². The Morgan fingerprint density at radius 3 is 1.50 bits per heavy atom. The maximum Gasteiger partial charge on any atom is 0.417 e. The molecule has 0 bridgehead atoms. The summed E-state index contributed by atoms with van der Waals surface area (Å²) in [4.78, 5) is 64.3. The van der Waals surface area contributed by atoms with Gasteiger partial charge in [-0.2, -0.15) is 8.78 Å². The van der Waals surface area contributed by atoms with E-state index in [1.807, 2.05) is 62.3 Å². The summed E-state index contributed by atoms with van der Waals surface area (Å²) in [6.45, 7) is 27.7. The van der Waals surface area contributed by atoms with E-state index in [4.69, 9.17) is 23.7 Å². The lowest BCUT2D eigenvalue weighted by atomic mass is 9.90. The normalized spacial score (nSPS) is 12.3. The van der Waals surface area contributed by atoms with Crippen molar-refractivity contribution in [3.8, 4) is 17.2 Å². The van der Waals surface area contributed by atoms with Gasteiger partial charge in [-0.1, -0.05) is 108 Å². The predicted octanol–water partition coefficient (Wildman–Crippen LogP) is 17.0. The predicted molar refractivity (Wildman–Crippen MR) is 358 cm³/mol. The second-order valence-electron chi connectivity index (χ2n) is 24.4. The van der Waals surface area contributed by atoms with Crippen LogP contribution in [-0.4, -0.2) is 70.4 Å². The molecule has 3 N–H and O–H groups in total. The smallest absolute Gasteiger partial charge is 0.417 e. The monoisotopic (exact) mass is 1310 g/mol. The Hall–Kier alpha value is -7.81. The third kappa shape index (κ3) is 25.7. The molecule has 0 radical (unpaired) electrons. The highest BCUT2D eigenvalue weighted by Crippen LogP contribution is 2.33. The van der Waals surface area contributed by atoms with E-state index in [9.17, 15) is 45.7 Å². The van der Waals surface area contributed by atoms with Crippen LogP contribution in [0.25, 0.3) is 11.1 Å². The molecule has 92 heavy (non-hydrogen) atoms. The van der Waals surface area contributed by atoms with Gasteiger partial charge in [0.25, 0.3) is 0 Å². The van der Waals surface area contributed by atoms with Crippen molar-refractivity contribution >= 4 is 61.7 Å². The summed E-state index contributed by atoms with van der Waals surface area (Å²) in [6, 6.07) is 51.7. The SMILES string of the molecule is CCC(C)(C)C(=O)OC(C)C(F)(F)S(=O)(=O)[O-].CCC(C)(C)C(=O)Oc1ccc(O)cc1.CCC(C)(C)C(=O)Oc1ccc2[nH]c(=O)oc2c1.CCC(C)c1ccc(NCCCCC(=O)OC(C)(C)CC)cc1.c1ccc([S+](c2ccccc2)c2ccccc2)cc1. The number of nitrogens with one attached hydrogen (secondary N) is 2. The van der Waals surface area contributed by atoms with E-state index in [0.29, 0.717) is 54.7 Å². The molecule has 0 aliphatic carbocycles. The minimum Gasteiger partial charge on any atom is -0.743 e. The van der Waals surface area contributed by atoms with Gasteiger partial charge in [-0.15, -0.1) is 0 Å². The molecule has 0 amide bonds. The van der Waals surface area contributed by atoms with Gasteiger partial charge in [0.15, 0.2) is 36.5 Å². The van der Waals surface area contributed by atoms with Crippen LogP contribution in [0, 0.1) is 16.2 Å². The summed E-state index contributed by atoms with van der Waals surface area (Å²) < 4.78 is 82.0. The summed E-state index contributed by atoms with van der Waals surface area (Å²) in [5.41, 5.74) is 1.12. The molecule has 0 saturated heterocycles. The quantitative estimate of drug-likeness (QED) is 0.0168. The molecule has 0 aliphatic rings. The first-order valence-corrected chi connectivity index (χ1v) is 33.6. The van der Waals surface area contributed by atoms with Crippen molar-refractivity contribution in [1.82, 2.24) is 4.98 Å². The number of phenols is 1. The van der Waals surface area contributed by atoms with Crippen LogP contribution in [0.2, 0.25) is 0 Å². The summed E-state index contributed by atoms with van der Waals surface area (Å²) in [5, 5.41) is 7.83. The zero-order valence-corrected chi connectivity index (χ0v) is 57.5. The molecule has 1 aromatic heterocycles. The van der Waals surface area contributed by atoms with Crippen LogP contribution in [-0.2, 0) is 49.7 Å². The fourth-order valence-electron chi connectivity index (χ4n) is 7.32. The standard InChI is InChI=1S/C20H33NO2.C18H15S.C13H15NO4.C12H16O3.C9H16F2O5S/c1-6-16(3)17-11-13-18(14-12-17)21-15-9-8-10-19(22)23-20(4,5)7-2;1-4-10-16(11-5-1)19(17-12-6-2-7-13-17)18-14-8-3-9-15-18;1-4-13(2,3)11(15)17-8-5-6-9-10(7-8)18-12(16)14-9;1-4-12(2,3)11(14)15-10-7-5-9(13)6-8-10;1-5-8(3,4)7(12)16-6(2)9(10,11)17(13,14)15/h11-14,16,21H,6-10,15H2,1-5H3;1-15H;5-7H,4H2,1-3H3,(H,14,16);5-8,13H,4H2,1-3H3;6H,5H2,1-4H3,(H,13,14,15)/q;+1;;;/p-1. The molecular formula is C72H94F2N2O14S2. The topological polar surface area (TPSA) is 241 Å². The number of phenolic OH excluding ortho intramolecular Hbond substituents is 1. The Balaban J connectivity index is 0.000000302. The zero-order valence-electron chi connectivity index (χ0n) is 55.9. The number of oxazole rings is 1. The van der Waals surface area contributed by atoms with Gasteiger partial charge in [0.05, 0.1) is 32.7 Å². The second kappa shape index (κ2) is 36.4. The average molecular weight is 1310 g/mol. The van der Waals surface area contributed by atoms with Gasteiger partial charge in [0.1, 0.15) is 22.8 Å². The Labute approximate surface area is 545 Å². The zero-order chi connectivity index (χ0) is 69.1. The first-order chi connectivity index (χ1) is 43.1. The highest BCUT2D eigenvalue weighted by molar-refractivity contribution is 7.97. The molecule has 2 unspecified atom stereocenters. The van der Waals surface area contributed by atoms with Gasteiger partial charge in [0, 0.05) is 24.7 Å². The van der Waals surface area contributed by atoms with Crippen LogP contribution in [0.5, 0.6) is 17.2 Å². The Morgan fingerprint density at radius 2 is 1.07 bits per heavy atom. The molecule has 7 rings (SSSR count). The van der Waals surface area contributed by atoms with Crippen LogP contribution in [0.1, 0.15) is 167 Å². The number of fused-ring (bicyclic) bond motifs is 1. The molecule has 2 atom stereocenters. The van der Waals surface area contributed by atoms with E-state index in [2.05, 4.69) is 144 Å². The summed E-state index contributed by atoms with van der Waals surface area (Å²) in [7, 11) is -5.87. The van der Waals surface area contributed by atoms with Gasteiger partial charge in [-0.25, -0.2) is 13.2 Å². The third-order valence-corrected chi connectivity index (χ3v) is 18.7. The number of carbonyl (C=O) groups is 4. The number of H-pyrrole nitrogens is 1. The number of aromatic hydroxyl groups is 1. The van der Waals surface area contributed by atoms with E-state index in [-0.39, 0.29) is 40.2 Å². The first kappa shape index (κ1) is 78.4. The van der Waals surface area contributed by atoms with E-state index in [1.165, 1.54) is 52.3 Å². The molecule has 0 spiro atoms. The van der Waals surface area contributed by atoms with Crippen LogP contribution in [0.3, 0.4) is 0 Å². The van der Waals surface area contributed by atoms with Crippen molar-refractivity contribution < 1.29 is 69.4 Å². The van der Waals surface area contributed by atoms with Gasteiger partial charge < -0.3 is 38.3 Å². The minimum atomic E-state index is -5.86. The van der Waals surface area contributed by atoms with E-state index >= 15 is 0 Å². The average Bonchev–Trinajstić information content (AvgIpc) is 1.15. The Morgan fingerprint density at radius 1 is 0.620 bits per heavy atom. The van der Waals surface area contributed by atoms with Crippen LogP contribution in [0.4, 0.5) is 14.5 Å². The number of esters is 4. The fraction of sp³-hybridized carbons (Fsp3) is 0.431. The lowest BCUT2D eigenvalue weighted by molar-refractivity contribution is -0.170. The number of benzene rings is 6. The molecule has 1 heterocycles. The third-order valence-electron chi connectivity index (χ3n) is 15.5. The van der Waals surface area contributed by atoms with Crippen molar-refractivity contribution in [2.75, 3.05) is 11.9 Å². The van der Waals surface area contributed by atoms with Crippen molar-refractivity contribution in [2.45, 2.75) is 193 Å². The number of hydrogen-bond acceptors (Lipinski definition) is 15. The van der Waals surface area contributed by atoms with Gasteiger partial charge in [-0.3, -0.25) is 24.2 Å². The summed E-state index contributed by atoms with van der Waals surface area (Å²) in [6.07, 6.45) is 3.75. The first-order valence-electron chi connectivity index (χ1n) is 30.9. The lowest BCUT2D eigenvalue weighted by Gasteiger charge is -2.29. The fourth-order valence-corrected chi connectivity index (χ4v) is 9.88. The van der Waals surface area contributed by atoms with E-state index in [0.717, 1.165) is 44.3 Å². The van der Waals surface area contributed by atoms with Crippen LogP contribution < -0.4 is 20.5 Å². The number of alkyl halides is 2. The van der Waals surface area contributed by atoms with Crippen molar-refractivity contribution in [3.63, 3.8) is 0 Å². The van der Waals surface area contributed by atoms with E-state index < -0.39 is 49.4 Å². The largest absolute Gasteiger partial charge is 0.743 e. The van der Waals surface area contributed by atoms with Gasteiger partial charge in [-0.05, 0) is 204 Å². The molecule has 20 heteroatoms.